The molecule has 0 aliphatic heterocycles. The van der Waals surface area contributed by atoms with Gasteiger partial charge in [-0.2, -0.15) is 0 Å². The molecule has 0 radical (unpaired) electrons. The second-order valence-corrected chi connectivity index (χ2v) is 3.02. The molecule has 0 spiro atoms. The van der Waals surface area contributed by atoms with Crippen molar-refractivity contribution in [1.29, 1.82) is 0 Å². The van der Waals surface area contributed by atoms with Crippen LogP contribution in [-0.2, 0) is 20.9 Å². The summed E-state index contributed by atoms with van der Waals surface area (Å²) < 4.78 is 4.37. The maximum absolute atomic E-state index is 11.2. The number of ether oxygens (including phenoxy) is 1. The fraction of sp³-hybridized carbons (Fsp3) is 0.273. The van der Waals surface area contributed by atoms with Crippen LogP contribution < -0.4 is 5.32 Å². The number of carbonyl (C=O) groups is 2. The number of hydrogen-bond donors (Lipinski definition) is 1. The van der Waals surface area contributed by atoms with Gasteiger partial charge in [-0.15, -0.1) is 0 Å². The molecule has 1 aromatic carbocycles. The molecule has 0 aromatic heterocycles. The highest BCUT2D eigenvalue weighted by Gasteiger charge is 2.08. The lowest BCUT2D eigenvalue weighted by molar-refractivity contribution is -0.143. The third kappa shape index (κ3) is 4.26. The largest absolute Gasteiger partial charge is 0.469 e. The highest BCUT2D eigenvalue weighted by Crippen LogP contribution is 1.97. The van der Waals surface area contributed by atoms with Crippen LogP contribution in [0.2, 0.25) is 0 Å². The topological polar surface area (TPSA) is 55.4 Å². The van der Waals surface area contributed by atoms with Crippen LogP contribution in [0.15, 0.2) is 30.3 Å². The molecule has 0 aliphatic carbocycles. The molecule has 0 fully saturated rings. The molecule has 0 saturated carbocycles. The van der Waals surface area contributed by atoms with Gasteiger partial charge in [-0.3, -0.25) is 9.59 Å². The summed E-state index contributed by atoms with van der Waals surface area (Å²) in [7, 11) is 1.26. The molecule has 1 rings (SSSR count). The van der Waals surface area contributed by atoms with Crippen LogP contribution in [0.1, 0.15) is 12.0 Å². The van der Waals surface area contributed by atoms with E-state index < -0.39 is 5.97 Å². The van der Waals surface area contributed by atoms with Gasteiger partial charge in [-0.05, 0) is 5.56 Å². The van der Waals surface area contributed by atoms with Gasteiger partial charge in [0.2, 0.25) is 5.91 Å². The predicted octanol–water partition coefficient (Wildman–Crippen LogP) is 0.866. The Morgan fingerprint density at radius 2 is 1.93 bits per heavy atom. The lowest BCUT2D eigenvalue weighted by atomic mass is 10.2. The van der Waals surface area contributed by atoms with Crippen molar-refractivity contribution in [3.05, 3.63) is 35.9 Å². The quantitative estimate of drug-likeness (QED) is 0.588. The Labute approximate surface area is 88.2 Å². The summed E-state index contributed by atoms with van der Waals surface area (Å²) in [5, 5.41) is 2.62. The Bertz CT molecular complexity index is 335. The smallest absolute Gasteiger partial charge is 0.315 e. The molecule has 0 aliphatic rings. The van der Waals surface area contributed by atoms with Gasteiger partial charge in [0.1, 0.15) is 6.42 Å². The second-order valence-electron chi connectivity index (χ2n) is 3.02. The fourth-order valence-electron chi connectivity index (χ4n) is 1.06. The van der Waals surface area contributed by atoms with Gasteiger partial charge in [-0.25, -0.2) is 0 Å². The van der Waals surface area contributed by atoms with Crippen LogP contribution in [0.3, 0.4) is 0 Å². The molecule has 4 heteroatoms. The molecular formula is C11H13NO3. The maximum Gasteiger partial charge on any atom is 0.315 e. The number of benzene rings is 1. The molecule has 0 atom stereocenters. The molecule has 0 bridgehead atoms. The van der Waals surface area contributed by atoms with E-state index in [1.54, 1.807) is 0 Å². The predicted molar refractivity (Wildman–Crippen MR) is 54.9 cm³/mol. The summed E-state index contributed by atoms with van der Waals surface area (Å²) in [6.07, 6.45) is -0.233. The van der Waals surface area contributed by atoms with Gasteiger partial charge < -0.3 is 10.1 Å². The van der Waals surface area contributed by atoms with Gasteiger partial charge >= 0.3 is 5.97 Å². The van der Waals surface area contributed by atoms with E-state index in [2.05, 4.69) is 10.1 Å². The standard InChI is InChI=1S/C11H13NO3/c1-15-11(14)7-10(13)12-8-9-5-3-2-4-6-9/h2-6H,7-8H2,1H3,(H,12,13). The monoisotopic (exact) mass is 207 g/mol. The van der Waals surface area contributed by atoms with Crippen LogP contribution in [-0.4, -0.2) is 19.0 Å². The molecule has 1 aromatic rings. The van der Waals surface area contributed by atoms with Crippen molar-refractivity contribution in [2.75, 3.05) is 7.11 Å². The van der Waals surface area contributed by atoms with E-state index in [-0.39, 0.29) is 12.3 Å². The van der Waals surface area contributed by atoms with E-state index in [1.165, 1.54) is 7.11 Å². The van der Waals surface area contributed by atoms with Gasteiger partial charge in [0, 0.05) is 6.54 Å². The first-order chi connectivity index (χ1) is 7.22. The van der Waals surface area contributed by atoms with Crippen molar-refractivity contribution in [1.82, 2.24) is 5.32 Å². The maximum atomic E-state index is 11.2. The average Bonchev–Trinajstić information content (AvgIpc) is 2.27. The fourth-order valence-corrected chi connectivity index (χ4v) is 1.06. The summed E-state index contributed by atoms with van der Waals surface area (Å²) in [6.45, 7) is 0.427. The number of amides is 1. The summed E-state index contributed by atoms with van der Waals surface area (Å²) in [6, 6.07) is 9.49. The van der Waals surface area contributed by atoms with Crippen LogP contribution in [0.25, 0.3) is 0 Å². The van der Waals surface area contributed by atoms with Crippen LogP contribution in [0.4, 0.5) is 0 Å². The van der Waals surface area contributed by atoms with E-state index in [0.29, 0.717) is 6.54 Å². The van der Waals surface area contributed by atoms with E-state index >= 15 is 0 Å². The number of carbonyl (C=O) groups excluding carboxylic acids is 2. The minimum absolute atomic E-state index is 0.233. The van der Waals surface area contributed by atoms with Crippen LogP contribution in [0.5, 0.6) is 0 Å². The minimum atomic E-state index is -0.527. The summed E-state index contributed by atoms with van der Waals surface area (Å²) in [5.41, 5.74) is 0.996. The number of hydrogen-bond acceptors (Lipinski definition) is 3. The number of esters is 1. The molecule has 0 saturated heterocycles. The Morgan fingerprint density at radius 3 is 2.53 bits per heavy atom. The zero-order chi connectivity index (χ0) is 11.1. The molecule has 0 heterocycles. The van der Waals surface area contributed by atoms with E-state index in [0.717, 1.165) is 5.56 Å². The third-order valence-electron chi connectivity index (χ3n) is 1.87. The zero-order valence-electron chi connectivity index (χ0n) is 8.53. The van der Waals surface area contributed by atoms with Crippen LogP contribution in [0, 0.1) is 0 Å². The lowest BCUT2D eigenvalue weighted by Crippen LogP contribution is -2.25. The Morgan fingerprint density at radius 1 is 1.27 bits per heavy atom. The normalized spacial score (nSPS) is 9.40. The molecule has 1 amide bonds. The minimum Gasteiger partial charge on any atom is -0.469 e. The van der Waals surface area contributed by atoms with Crippen molar-refractivity contribution in [3.63, 3.8) is 0 Å². The van der Waals surface area contributed by atoms with Crippen molar-refractivity contribution >= 4 is 11.9 Å². The number of rotatable bonds is 4. The molecular weight excluding hydrogens is 194 g/mol. The van der Waals surface area contributed by atoms with Gasteiger partial charge in [0.25, 0.3) is 0 Å². The Hall–Kier alpha value is -1.84. The van der Waals surface area contributed by atoms with Gasteiger partial charge in [0.15, 0.2) is 0 Å². The summed E-state index contributed by atoms with van der Waals surface area (Å²) in [4.78, 5) is 21.9. The molecule has 80 valence electrons. The molecule has 4 nitrogen and oxygen atoms in total. The van der Waals surface area contributed by atoms with Crippen molar-refractivity contribution in [2.24, 2.45) is 0 Å². The summed E-state index contributed by atoms with van der Waals surface area (Å²) in [5.74, 6) is -0.855. The van der Waals surface area contributed by atoms with E-state index in [9.17, 15) is 9.59 Å². The lowest BCUT2D eigenvalue weighted by Gasteiger charge is -2.03. The molecule has 0 unspecified atom stereocenters. The van der Waals surface area contributed by atoms with Crippen LogP contribution >= 0.6 is 0 Å². The average molecular weight is 207 g/mol. The van der Waals surface area contributed by atoms with Gasteiger partial charge in [0.05, 0.1) is 7.11 Å². The van der Waals surface area contributed by atoms with Crippen molar-refractivity contribution < 1.29 is 14.3 Å². The molecule has 15 heavy (non-hydrogen) atoms. The highest BCUT2D eigenvalue weighted by molar-refractivity contribution is 5.94. The van der Waals surface area contributed by atoms with E-state index in [4.69, 9.17) is 0 Å². The molecule has 1 N–H and O–H groups in total. The first-order valence-corrected chi connectivity index (χ1v) is 4.60. The summed E-state index contributed by atoms with van der Waals surface area (Å²) >= 11 is 0. The van der Waals surface area contributed by atoms with Crippen molar-refractivity contribution in [3.8, 4) is 0 Å². The Kier molecular flexibility index (Phi) is 4.34. The third-order valence-corrected chi connectivity index (χ3v) is 1.87. The van der Waals surface area contributed by atoms with E-state index in [1.807, 2.05) is 30.3 Å². The number of methoxy groups -OCH3 is 1. The highest BCUT2D eigenvalue weighted by atomic mass is 16.5. The SMILES string of the molecule is COC(=O)CC(=O)NCc1ccccc1. The number of nitrogens with one attached hydrogen (secondary N) is 1. The Balaban J connectivity index is 2.32. The first kappa shape index (κ1) is 11.2. The first-order valence-electron chi connectivity index (χ1n) is 4.60. The van der Waals surface area contributed by atoms with Crippen molar-refractivity contribution in [2.45, 2.75) is 13.0 Å². The second kappa shape index (κ2) is 5.80. The van der Waals surface area contributed by atoms with Gasteiger partial charge in [-0.1, -0.05) is 30.3 Å². The zero-order valence-corrected chi connectivity index (χ0v) is 8.53.